The molecule has 3 atom stereocenters. The van der Waals surface area contributed by atoms with Crippen LogP contribution < -0.4 is 0 Å². The van der Waals surface area contributed by atoms with Crippen LogP contribution in [0.5, 0.6) is 0 Å². The number of rotatable bonds is 11. The van der Waals surface area contributed by atoms with Crippen molar-refractivity contribution in [2.75, 3.05) is 6.61 Å². The molecule has 25 heavy (non-hydrogen) atoms. The van der Waals surface area contributed by atoms with Crippen LogP contribution >= 0.6 is 0 Å². The molecular formula is C19H28O6. The van der Waals surface area contributed by atoms with Crippen LogP contribution in [-0.4, -0.2) is 36.2 Å². The van der Waals surface area contributed by atoms with E-state index in [1.165, 1.54) is 6.92 Å². The molecule has 0 aromatic heterocycles. The van der Waals surface area contributed by atoms with Crippen molar-refractivity contribution in [3.63, 3.8) is 0 Å². The molecule has 0 spiro atoms. The number of carbonyl (C=O) groups excluding carboxylic acids is 4. The third kappa shape index (κ3) is 6.11. The second-order valence-electron chi connectivity index (χ2n) is 7.02. The molecule has 1 aliphatic rings. The van der Waals surface area contributed by atoms with Crippen LogP contribution in [0.3, 0.4) is 0 Å². The average Bonchev–Trinajstić information content (AvgIpc) is 3.05. The monoisotopic (exact) mass is 352 g/mol. The molecule has 140 valence electrons. The first-order chi connectivity index (χ1) is 11.6. The first-order valence-corrected chi connectivity index (χ1v) is 8.62. The lowest BCUT2D eigenvalue weighted by atomic mass is 9.99. The highest BCUT2D eigenvalue weighted by atomic mass is 16.5. The van der Waals surface area contributed by atoms with Gasteiger partial charge in [0.15, 0.2) is 0 Å². The largest absolute Gasteiger partial charge is 0.466 e. The molecule has 1 rings (SSSR count). The maximum absolute atomic E-state index is 12.2. The first kappa shape index (κ1) is 21.1. The van der Waals surface area contributed by atoms with Crippen LogP contribution in [0.25, 0.3) is 0 Å². The molecular weight excluding hydrogens is 324 g/mol. The molecule has 0 radical (unpaired) electrons. The Morgan fingerprint density at radius 3 is 2.24 bits per heavy atom. The summed E-state index contributed by atoms with van der Waals surface area (Å²) in [4.78, 5) is 46.5. The van der Waals surface area contributed by atoms with E-state index in [1.807, 2.05) is 19.9 Å². The van der Waals surface area contributed by atoms with Crippen molar-refractivity contribution in [3.05, 3.63) is 12.7 Å². The van der Waals surface area contributed by atoms with Crippen LogP contribution in [0.4, 0.5) is 0 Å². The molecule has 0 heterocycles. The molecule has 1 saturated carbocycles. The van der Waals surface area contributed by atoms with Crippen molar-refractivity contribution in [2.45, 2.75) is 59.5 Å². The number of hydrogen-bond donors (Lipinski definition) is 0. The Labute approximate surface area is 148 Å². The van der Waals surface area contributed by atoms with Crippen molar-refractivity contribution in [1.82, 2.24) is 0 Å². The second-order valence-corrected chi connectivity index (χ2v) is 7.02. The molecule has 0 saturated heterocycles. The highest BCUT2D eigenvalue weighted by Gasteiger charge is 2.60. The normalized spacial score (nSPS) is 21.8. The maximum Gasteiger partial charge on any atom is 0.313 e. The van der Waals surface area contributed by atoms with Gasteiger partial charge in [0.05, 0.1) is 6.61 Å². The lowest BCUT2D eigenvalue weighted by Crippen LogP contribution is -2.25. The van der Waals surface area contributed by atoms with Crippen LogP contribution in [-0.2, 0) is 28.7 Å². The minimum absolute atomic E-state index is 0.0105. The minimum Gasteiger partial charge on any atom is -0.466 e. The summed E-state index contributed by atoms with van der Waals surface area (Å²) in [6.07, 6.45) is 1.09. The van der Waals surface area contributed by atoms with Gasteiger partial charge in [0, 0.05) is 32.1 Å². The predicted molar refractivity (Wildman–Crippen MR) is 91.6 cm³/mol. The molecule has 0 unspecified atom stereocenters. The molecule has 0 N–H and O–H groups in total. The smallest absolute Gasteiger partial charge is 0.313 e. The fourth-order valence-corrected chi connectivity index (χ4v) is 3.40. The van der Waals surface area contributed by atoms with Crippen molar-refractivity contribution in [1.29, 1.82) is 0 Å². The number of esters is 2. The van der Waals surface area contributed by atoms with Crippen molar-refractivity contribution in [3.8, 4) is 0 Å². The molecule has 1 fully saturated rings. The molecule has 0 amide bonds. The molecule has 0 aliphatic heterocycles. The van der Waals surface area contributed by atoms with Gasteiger partial charge in [-0.05, 0) is 18.3 Å². The molecule has 1 aliphatic carbocycles. The Hall–Kier alpha value is -1.98. The summed E-state index contributed by atoms with van der Waals surface area (Å²) in [6, 6.07) is 0. The summed E-state index contributed by atoms with van der Waals surface area (Å²) in [5.41, 5.74) is -0.0676. The van der Waals surface area contributed by atoms with Crippen LogP contribution in [0, 0.1) is 17.3 Å². The van der Waals surface area contributed by atoms with Gasteiger partial charge in [0.25, 0.3) is 0 Å². The summed E-state index contributed by atoms with van der Waals surface area (Å²) in [5, 5.41) is 0. The van der Waals surface area contributed by atoms with E-state index in [-0.39, 0.29) is 61.1 Å². The van der Waals surface area contributed by atoms with E-state index < -0.39 is 18.0 Å². The number of Topliss-reactive ketones (excluding diaryl/α,β-unsaturated/α-hetero) is 2. The highest BCUT2D eigenvalue weighted by molar-refractivity contribution is 5.97. The Morgan fingerprint density at radius 2 is 1.76 bits per heavy atom. The summed E-state index contributed by atoms with van der Waals surface area (Å²) in [5.74, 6) is -1.25. The zero-order chi connectivity index (χ0) is 19.2. The van der Waals surface area contributed by atoms with Crippen molar-refractivity contribution in [2.24, 2.45) is 17.3 Å². The summed E-state index contributed by atoms with van der Waals surface area (Å²) >= 11 is 0. The van der Waals surface area contributed by atoms with Crippen LogP contribution in [0.2, 0.25) is 0 Å². The standard InChI is InChI=1S/C19H28O6/c1-6-15-18(19(15,4)5)16(25-12(3)20)10-13(21)8-9-14(22)11-17(23)24-7-2/h6,15-16,18H,1,7-11H2,2-5H3/t15-,16-,18-/m0/s1. The van der Waals surface area contributed by atoms with Gasteiger partial charge in [-0.15, -0.1) is 6.58 Å². The Kier molecular flexibility index (Phi) is 7.52. The van der Waals surface area contributed by atoms with E-state index in [0.717, 1.165) is 0 Å². The SMILES string of the molecule is C=C[C@H]1[C@@H]([C@H](CC(=O)CCC(=O)CC(=O)OCC)OC(C)=O)C1(C)C. The van der Waals surface area contributed by atoms with Gasteiger partial charge in [0.2, 0.25) is 0 Å². The van der Waals surface area contributed by atoms with Gasteiger partial charge < -0.3 is 9.47 Å². The molecule has 0 aromatic rings. The van der Waals surface area contributed by atoms with Gasteiger partial charge in [-0.3, -0.25) is 19.2 Å². The fourth-order valence-electron chi connectivity index (χ4n) is 3.40. The number of allylic oxidation sites excluding steroid dienone is 1. The summed E-state index contributed by atoms with van der Waals surface area (Å²) in [7, 11) is 0. The summed E-state index contributed by atoms with van der Waals surface area (Å²) in [6.45, 7) is 11.1. The van der Waals surface area contributed by atoms with Crippen molar-refractivity contribution >= 4 is 23.5 Å². The second kappa shape index (κ2) is 8.92. The number of ether oxygens (including phenoxy) is 2. The lowest BCUT2D eigenvalue weighted by molar-refractivity contribution is -0.150. The Bertz CT molecular complexity index is 548. The van der Waals surface area contributed by atoms with Crippen molar-refractivity contribution < 1.29 is 28.7 Å². The number of ketones is 2. The van der Waals surface area contributed by atoms with E-state index in [2.05, 4.69) is 6.58 Å². The van der Waals surface area contributed by atoms with E-state index in [1.54, 1.807) is 6.92 Å². The molecule has 6 heteroatoms. The Balaban J connectivity index is 2.53. The molecule has 6 nitrogen and oxygen atoms in total. The number of hydrogen-bond acceptors (Lipinski definition) is 6. The van der Waals surface area contributed by atoms with Gasteiger partial charge in [-0.2, -0.15) is 0 Å². The van der Waals surface area contributed by atoms with Gasteiger partial charge in [-0.25, -0.2) is 0 Å². The third-order valence-electron chi connectivity index (χ3n) is 4.73. The predicted octanol–water partition coefficient (Wildman–Crippen LogP) is 2.64. The third-order valence-corrected chi connectivity index (χ3v) is 4.73. The lowest BCUT2D eigenvalue weighted by Gasteiger charge is -2.18. The van der Waals surface area contributed by atoms with Gasteiger partial charge in [-0.1, -0.05) is 19.9 Å². The average molecular weight is 352 g/mol. The van der Waals surface area contributed by atoms with E-state index in [9.17, 15) is 19.2 Å². The maximum atomic E-state index is 12.2. The fraction of sp³-hybridized carbons (Fsp3) is 0.684. The van der Waals surface area contributed by atoms with E-state index in [0.29, 0.717) is 0 Å². The van der Waals surface area contributed by atoms with Gasteiger partial charge in [0.1, 0.15) is 24.1 Å². The van der Waals surface area contributed by atoms with E-state index >= 15 is 0 Å². The zero-order valence-electron chi connectivity index (χ0n) is 15.5. The number of carbonyl (C=O) groups is 4. The first-order valence-electron chi connectivity index (χ1n) is 8.62. The quantitative estimate of drug-likeness (QED) is 0.323. The van der Waals surface area contributed by atoms with Crippen LogP contribution in [0.15, 0.2) is 12.7 Å². The highest BCUT2D eigenvalue weighted by Crippen LogP contribution is 2.61. The van der Waals surface area contributed by atoms with Crippen LogP contribution in [0.1, 0.15) is 53.4 Å². The molecule has 0 bridgehead atoms. The zero-order valence-corrected chi connectivity index (χ0v) is 15.5. The topological polar surface area (TPSA) is 86.7 Å². The Morgan fingerprint density at radius 1 is 1.16 bits per heavy atom. The van der Waals surface area contributed by atoms with E-state index in [4.69, 9.17) is 9.47 Å². The summed E-state index contributed by atoms with van der Waals surface area (Å²) < 4.78 is 10.1. The molecule has 0 aromatic carbocycles. The van der Waals surface area contributed by atoms with Gasteiger partial charge >= 0.3 is 11.9 Å². The minimum atomic E-state index is -0.578.